The smallest absolute Gasteiger partial charge is 0.0471 e. The van der Waals surface area contributed by atoms with Gasteiger partial charge in [-0.05, 0) is 96.0 Å². The van der Waals surface area contributed by atoms with Gasteiger partial charge >= 0.3 is 0 Å². The molecule has 1 aromatic heterocycles. The van der Waals surface area contributed by atoms with Gasteiger partial charge in [-0.3, -0.25) is 0 Å². The first-order valence-electron chi connectivity index (χ1n) is 14.9. The van der Waals surface area contributed by atoms with Crippen LogP contribution in [0, 0.1) is 0 Å². The van der Waals surface area contributed by atoms with Gasteiger partial charge < -0.3 is 4.98 Å². The minimum atomic E-state index is 1.16. The zero-order chi connectivity index (χ0) is 28.3. The number of rotatable bonds is 3. The minimum Gasteiger partial charge on any atom is -0.354 e. The molecule has 1 heterocycles. The maximum absolute atomic E-state index is 3.67. The summed E-state index contributed by atoms with van der Waals surface area (Å²) in [4.78, 5) is 3.67. The Labute approximate surface area is 249 Å². The second-order valence-corrected chi connectivity index (χ2v) is 11.4. The molecular weight excluding hydrogens is 518 g/mol. The lowest BCUT2D eigenvalue weighted by molar-refractivity contribution is 1.55. The molecule has 0 bridgehead atoms. The minimum absolute atomic E-state index is 1.16. The van der Waals surface area contributed by atoms with Gasteiger partial charge in [0.2, 0.25) is 0 Å². The third kappa shape index (κ3) is 3.79. The molecule has 1 heteroatoms. The number of hydrogen-bond acceptors (Lipinski definition) is 0. The summed E-state index contributed by atoms with van der Waals surface area (Å²) >= 11 is 0. The van der Waals surface area contributed by atoms with Crippen LogP contribution in [-0.4, -0.2) is 4.98 Å². The second kappa shape index (κ2) is 9.44. The Balaban J connectivity index is 1.33. The Kier molecular flexibility index (Phi) is 5.27. The lowest BCUT2D eigenvalue weighted by Gasteiger charge is -2.18. The standard InChI is InChI=1S/C42H27N/c1-2-11-27(12-3-1)28-15-10-16-31(23-28)41-33-17-6-8-19-35(33)42(36-20-9-7-18-34(36)41)32-21-22-39-37(25-32)38-24-29-13-4-5-14-30(29)26-40(38)43-39/h1-26,43H. The van der Waals surface area contributed by atoms with Crippen molar-refractivity contribution in [2.45, 2.75) is 0 Å². The predicted octanol–water partition coefficient (Wildman–Crippen LogP) is 11.8. The van der Waals surface area contributed by atoms with Crippen molar-refractivity contribution in [3.05, 3.63) is 158 Å². The molecule has 9 rings (SSSR count). The van der Waals surface area contributed by atoms with Crippen molar-refractivity contribution in [3.63, 3.8) is 0 Å². The first kappa shape index (κ1) is 24.0. The molecule has 43 heavy (non-hydrogen) atoms. The van der Waals surface area contributed by atoms with Crippen LogP contribution in [0.5, 0.6) is 0 Å². The number of aromatic amines is 1. The van der Waals surface area contributed by atoms with Crippen molar-refractivity contribution in [2.24, 2.45) is 0 Å². The highest BCUT2D eigenvalue weighted by molar-refractivity contribution is 6.22. The Morgan fingerprint density at radius 3 is 1.47 bits per heavy atom. The molecule has 0 unspecified atom stereocenters. The van der Waals surface area contributed by atoms with E-state index in [-0.39, 0.29) is 0 Å². The summed E-state index contributed by atoms with van der Waals surface area (Å²) < 4.78 is 0. The van der Waals surface area contributed by atoms with Crippen molar-refractivity contribution in [1.29, 1.82) is 0 Å². The van der Waals surface area contributed by atoms with Crippen LogP contribution in [0.25, 0.3) is 87.5 Å². The lowest BCUT2D eigenvalue weighted by atomic mass is 9.85. The van der Waals surface area contributed by atoms with Crippen molar-refractivity contribution in [2.75, 3.05) is 0 Å². The van der Waals surface area contributed by atoms with Crippen molar-refractivity contribution in [1.82, 2.24) is 4.98 Å². The van der Waals surface area contributed by atoms with Crippen LogP contribution in [0.1, 0.15) is 0 Å². The summed E-state index contributed by atoms with van der Waals surface area (Å²) in [5, 5.41) is 10.1. The molecule has 0 saturated heterocycles. The van der Waals surface area contributed by atoms with E-state index in [0.717, 1.165) is 5.52 Å². The van der Waals surface area contributed by atoms with E-state index in [1.54, 1.807) is 0 Å². The van der Waals surface area contributed by atoms with Crippen LogP contribution in [0.3, 0.4) is 0 Å². The largest absolute Gasteiger partial charge is 0.354 e. The molecule has 0 fully saturated rings. The summed E-state index contributed by atoms with van der Waals surface area (Å²) in [6.07, 6.45) is 0. The SMILES string of the molecule is c1ccc(-c2cccc(-c3c4ccccc4c(-c4ccc5[nH]c6cc7ccccc7cc6c5c4)c4ccccc34)c2)cc1. The van der Waals surface area contributed by atoms with Crippen LogP contribution >= 0.6 is 0 Å². The summed E-state index contributed by atoms with van der Waals surface area (Å²) in [7, 11) is 0. The summed E-state index contributed by atoms with van der Waals surface area (Å²) in [6, 6.07) is 57.5. The average Bonchev–Trinajstić information content (AvgIpc) is 3.43. The quantitative estimate of drug-likeness (QED) is 0.213. The van der Waals surface area contributed by atoms with E-state index >= 15 is 0 Å². The van der Waals surface area contributed by atoms with E-state index in [0.29, 0.717) is 0 Å². The number of aromatic nitrogens is 1. The van der Waals surface area contributed by atoms with E-state index in [4.69, 9.17) is 0 Å². The molecular formula is C42H27N. The molecule has 0 amide bonds. The number of nitrogens with one attached hydrogen (secondary N) is 1. The number of fused-ring (bicyclic) bond motifs is 6. The molecule has 8 aromatic carbocycles. The number of H-pyrrole nitrogens is 1. The Hall–Kier alpha value is -5.66. The van der Waals surface area contributed by atoms with E-state index in [1.807, 2.05) is 0 Å². The van der Waals surface area contributed by atoms with E-state index < -0.39 is 0 Å². The predicted molar refractivity (Wildman–Crippen MR) is 185 cm³/mol. The summed E-state index contributed by atoms with van der Waals surface area (Å²) in [5.41, 5.74) is 9.84. The first-order valence-corrected chi connectivity index (χ1v) is 14.9. The molecule has 9 aromatic rings. The van der Waals surface area contributed by atoms with Crippen LogP contribution in [0.15, 0.2) is 158 Å². The molecule has 0 aliphatic rings. The van der Waals surface area contributed by atoms with Crippen LogP contribution in [0.2, 0.25) is 0 Å². The van der Waals surface area contributed by atoms with Gasteiger partial charge in [0.15, 0.2) is 0 Å². The van der Waals surface area contributed by atoms with Crippen LogP contribution in [0.4, 0.5) is 0 Å². The second-order valence-electron chi connectivity index (χ2n) is 11.4. The fraction of sp³-hybridized carbons (Fsp3) is 0. The molecule has 0 aliphatic carbocycles. The maximum atomic E-state index is 3.67. The molecule has 0 atom stereocenters. The van der Waals surface area contributed by atoms with Crippen LogP contribution in [-0.2, 0) is 0 Å². The highest BCUT2D eigenvalue weighted by Gasteiger charge is 2.18. The van der Waals surface area contributed by atoms with Crippen molar-refractivity contribution < 1.29 is 0 Å². The molecule has 0 saturated carbocycles. The van der Waals surface area contributed by atoms with Gasteiger partial charge in [-0.25, -0.2) is 0 Å². The fourth-order valence-electron chi connectivity index (χ4n) is 6.98. The van der Waals surface area contributed by atoms with Gasteiger partial charge in [0, 0.05) is 21.8 Å². The van der Waals surface area contributed by atoms with Gasteiger partial charge in [0.1, 0.15) is 0 Å². The molecule has 0 aliphatic heterocycles. The Bertz CT molecular complexity index is 2440. The number of hydrogen-bond donors (Lipinski definition) is 1. The zero-order valence-electron chi connectivity index (χ0n) is 23.5. The van der Waals surface area contributed by atoms with Gasteiger partial charge in [-0.1, -0.05) is 127 Å². The lowest BCUT2D eigenvalue weighted by Crippen LogP contribution is -1.91. The first-order chi connectivity index (χ1) is 21.3. The van der Waals surface area contributed by atoms with Gasteiger partial charge in [0.25, 0.3) is 0 Å². The molecule has 1 nitrogen and oxygen atoms in total. The zero-order valence-corrected chi connectivity index (χ0v) is 23.5. The van der Waals surface area contributed by atoms with E-state index in [1.165, 1.54) is 82.0 Å². The topological polar surface area (TPSA) is 15.8 Å². The average molecular weight is 546 g/mol. The van der Waals surface area contributed by atoms with Gasteiger partial charge in [-0.15, -0.1) is 0 Å². The van der Waals surface area contributed by atoms with Crippen molar-refractivity contribution >= 4 is 54.1 Å². The van der Waals surface area contributed by atoms with Crippen LogP contribution < -0.4 is 0 Å². The normalized spacial score (nSPS) is 11.7. The highest BCUT2D eigenvalue weighted by atomic mass is 14.7. The Morgan fingerprint density at radius 2 is 0.791 bits per heavy atom. The molecule has 0 spiro atoms. The third-order valence-electron chi connectivity index (χ3n) is 8.94. The summed E-state index contributed by atoms with van der Waals surface area (Å²) in [6.45, 7) is 0. The monoisotopic (exact) mass is 545 g/mol. The van der Waals surface area contributed by atoms with Crippen molar-refractivity contribution in [3.8, 4) is 33.4 Å². The van der Waals surface area contributed by atoms with Gasteiger partial charge in [-0.2, -0.15) is 0 Å². The molecule has 0 radical (unpaired) electrons. The molecule has 1 N–H and O–H groups in total. The summed E-state index contributed by atoms with van der Waals surface area (Å²) in [5.74, 6) is 0. The Morgan fingerprint density at radius 1 is 0.279 bits per heavy atom. The van der Waals surface area contributed by atoms with Gasteiger partial charge in [0.05, 0.1) is 0 Å². The maximum Gasteiger partial charge on any atom is 0.0471 e. The highest BCUT2D eigenvalue weighted by Crippen LogP contribution is 2.45. The molecule has 200 valence electrons. The van der Waals surface area contributed by atoms with E-state index in [2.05, 4.69) is 163 Å². The third-order valence-corrected chi connectivity index (χ3v) is 8.94. The number of benzene rings is 8. The van der Waals surface area contributed by atoms with E-state index in [9.17, 15) is 0 Å². The fourth-order valence-corrected chi connectivity index (χ4v) is 6.98.